The van der Waals surface area contributed by atoms with Crippen molar-refractivity contribution in [3.8, 4) is 0 Å². The molecule has 5 heteroatoms. The molecule has 1 aromatic carbocycles. The van der Waals surface area contributed by atoms with Gasteiger partial charge < -0.3 is 15.4 Å². The van der Waals surface area contributed by atoms with E-state index in [9.17, 15) is 9.59 Å². The quantitative estimate of drug-likeness (QED) is 0.834. The highest BCUT2D eigenvalue weighted by molar-refractivity contribution is 6.04. The largest absolute Gasteiger partial charge is 0.444 e. The van der Waals surface area contributed by atoms with Crippen LogP contribution >= 0.6 is 0 Å². The number of carbonyl (C=O) groups is 2. The second-order valence-corrected chi connectivity index (χ2v) is 7.62. The number of carbonyl (C=O) groups excluding carboxylic acids is 2. The lowest BCUT2D eigenvalue weighted by Gasteiger charge is -2.22. The van der Waals surface area contributed by atoms with Crippen molar-refractivity contribution in [2.24, 2.45) is 0 Å². The Bertz CT molecular complexity index is 609. The van der Waals surface area contributed by atoms with Crippen molar-refractivity contribution in [1.82, 2.24) is 5.32 Å². The van der Waals surface area contributed by atoms with Crippen LogP contribution in [-0.4, -0.2) is 17.6 Å². The number of hydrogen-bond acceptors (Lipinski definition) is 3. The Hall–Kier alpha value is -2.04. The van der Waals surface area contributed by atoms with Crippen LogP contribution in [0.1, 0.15) is 58.7 Å². The van der Waals surface area contributed by atoms with Gasteiger partial charge in [0.1, 0.15) is 11.6 Å². The molecule has 0 radical (unpaired) electrons. The Labute approximate surface area is 131 Å². The molecule has 0 saturated carbocycles. The van der Waals surface area contributed by atoms with E-state index in [1.54, 1.807) is 20.8 Å². The molecule has 0 spiro atoms. The highest BCUT2D eigenvalue weighted by Gasteiger charge is 2.34. The second kappa shape index (κ2) is 5.30. The first-order valence-corrected chi connectivity index (χ1v) is 7.42. The highest BCUT2D eigenvalue weighted by Crippen LogP contribution is 2.35. The Morgan fingerprint density at radius 1 is 1.18 bits per heavy atom. The van der Waals surface area contributed by atoms with Crippen molar-refractivity contribution in [1.29, 1.82) is 0 Å². The summed E-state index contributed by atoms with van der Waals surface area (Å²) in [6, 6.07) is 5.13. The molecule has 0 bridgehead atoms. The van der Waals surface area contributed by atoms with Crippen LogP contribution in [0.5, 0.6) is 0 Å². The summed E-state index contributed by atoms with van der Waals surface area (Å²) in [5, 5.41) is 5.43. The van der Waals surface area contributed by atoms with Gasteiger partial charge in [0.05, 0.1) is 0 Å². The van der Waals surface area contributed by atoms with Gasteiger partial charge in [-0.15, -0.1) is 0 Å². The normalized spacial score (nSPS) is 17.7. The number of anilines is 1. The third kappa shape index (κ3) is 3.59. The Kier molecular flexibility index (Phi) is 3.94. The van der Waals surface area contributed by atoms with Gasteiger partial charge in [-0.2, -0.15) is 0 Å². The van der Waals surface area contributed by atoms with Crippen LogP contribution in [0, 0.1) is 0 Å². The number of nitrogens with one attached hydrogen (secondary N) is 2. The topological polar surface area (TPSA) is 67.4 Å². The van der Waals surface area contributed by atoms with Crippen LogP contribution in [0.15, 0.2) is 18.2 Å². The third-order valence-corrected chi connectivity index (χ3v) is 3.41. The number of hydrogen-bond donors (Lipinski definition) is 2. The van der Waals surface area contributed by atoms with Gasteiger partial charge in [-0.05, 0) is 37.8 Å². The molecule has 0 fully saturated rings. The summed E-state index contributed by atoms with van der Waals surface area (Å²) < 4.78 is 5.23. The zero-order chi connectivity index (χ0) is 16.7. The van der Waals surface area contributed by atoms with E-state index in [0.717, 1.165) is 16.8 Å². The average molecular weight is 304 g/mol. The molecule has 22 heavy (non-hydrogen) atoms. The maximum atomic E-state index is 12.1. The van der Waals surface area contributed by atoms with Crippen LogP contribution in [0.25, 0.3) is 0 Å². The number of benzene rings is 1. The molecule has 0 aromatic heterocycles. The van der Waals surface area contributed by atoms with Gasteiger partial charge in [0.15, 0.2) is 0 Å². The third-order valence-electron chi connectivity index (χ3n) is 3.41. The van der Waals surface area contributed by atoms with E-state index in [1.807, 2.05) is 18.2 Å². The molecule has 1 heterocycles. The minimum atomic E-state index is -0.716. The zero-order valence-corrected chi connectivity index (χ0v) is 14.0. The van der Waals surface area contributed by atoms with E-state index in [4.69, 9.17) is 4.74 Å². The van der Waals surface area contributed by atoms with Gasteiger partial charge in [-0.3, -0.25) is 4.79 Å². The smallest absolute Gasteiger partial charge is 0.408 e. The van der Waals surface area contributed by atoms with Crippen molar-refractivity contribution in [2.45, 2.75) is 58.6 Å². The van der Waals surface area contributed by atoms with Crippen LogP contribution < -0.4 is 10.6 Å². The molecule has 1 aliphatic heterocycles. The SMILES string of the molecule is CC(C)(C)OC(=O)NC1C(=O)Nc2ccc(C(C)(C)C)cc21. The van der Waals surface area contributed by atoms with Crippen molar-refractivity contribution < 1.29 is 14.3 Å². The summed E-state index contributed by atoms with van der Waals surface area (Å²) in [6.45, 7) is 11.7. The fraction of sp³-hybridized carbons (Fsp3) is 0.529. The monoisotopic (exact) mass is 304 g/mol. The lowest BCUT2D eigenvalue weighted by atomic mass is 9.85. The summed E-state index contributed by atoms with van der Waals surface area (Å²) in [6.07, 6.45) is -0.596. The fourth-order valence-corrected chi connectivity index (χ4v) is 2.30. The molecule has 1 aliphatic rings. The van der Waals surface area contributed by atoms with Crippen molar-refractivity contribution in [2.75, 3.05) is 5.32 Å². The molecule has 5 nitrogen and oxygen atoms in total. The summed E-state index contributed by atoms with van der Waals surface area (Å²) in [4.78, 5) is 24.1. The van der Waals surface area contributed by atoms with Crippen LogP contribution in [0.2, 0.25) is 0 Å². The summed E-state index contributed by atoms with van der Waals surface area (Å²) in [7, 11) is 0. The molecule has 0 saturated heterocycles. The van der Waals surface area contributed by atoms with Crippen LogP contribution in [0.3, 0.4) is 0 Å². The van der Waals surface area contributed by atoms with Crippen molar-refractivity contribution >= 4 is 17.7 Å². The maximum absolute atomic E-state index is 12.1. The molecule has 2 amide bonds. The molecule has 1 unspecified atom stereocenters. The Balaban J connectivity index is 2.25. The lowest BCUT2D eigenvalue weighted by Crippen LogP contribution is -2.37. The van der Waals surface area contributed by atoms with E-state index >= 15 is 0 Å². The molecule has 2 rings (SSSR count). The van der Waals surface area contributed by atoms with Gasteiger partial charge in [-0.25, -0.2) is 4.79 Å². The zero-order valence-electron chi connectivity index (χ0n) is 14.0. The van der Waals surface area contributed by atoms with E-state index in [0.29, 0.717) is 0 Å². The molecule has 2 N–H and O–H groups in total. The number of amides is 2. The first-order valence-electron chi connectivity index (χ1n) is 7.42. The predicted octanol–water partition coefficient (Wildman–Crippen LogP) is 3.50. The second-order valence-electron chi connectivity index (χ2n) is 7.62. The van der Waals surface area contributed by atoms with Gasteiger partial charge in [0, 0.05) is 11.3 Å². The van der Waals surface area contributed by atoms with Gasteiger partial charge in [0.25, 0.3) is 5.91 Å². The first kappa shape index (κ1) is 16.3. The lowest BCUT2D eigenvalue weighted by molar-refractivity contribution is -0.117. The van der Waals surface area contributed by atoms with Crippen LogP contribution in [0.4, 0.5) is 10.5 Å². The molecular formula is C17H24N2O3. The number of fused-ring (bicyclic) bond motifs is 1. The maximum Gasteiger partial charge on any atom is 0.408 e. The van der Waals surface area contributed by atoms with Crippen molar-refractivity contribution in [3.05, 3.63) is 29.3 Å². The summed E-state index contributed by atoms with van der Waals surface area (Å²) >= 11 is 0. The molecular weight excluding hydrogens is 280 g/mol. The molecule has 120 valence electrons. The average Bonchev–Trinajstić information content (AvgIpc) is 2.62. The van der Waals surface area contributed by atoms with Crippen LogP contribution in [-0.2, 0) is 14.9 Å². The number of alkyl carbamates (subject to hydrolysis) is 1. The fourth-order valence-electron chi connectivity index (χ4n) is 2.30. The van der Waals surface area contributed by atoms with Crippen molar-refractivity contribution in [3.63, 3.8) is 0 Å². The van der Waals surface area contributed by atoms with E-state index in [2.05, 4.69) is 31.4 Å². The van der Waals surface area contributed by atoms with Gasteiger partial charge in [0.2, 0.25) is 0 Å². The van der Waals surface area contributed by atoms with Gasteiger partial charge >= 0.3 is 6.09 Å². The van der Waals surface area contributed by atoms with E-state index in [1.165, 1.54) is 0 Å². The summed E-state index contributed by atoms with van der Waals surface area (Å²) in [5.74, 6) is -0.244. The predicted molar refractivity (Wildman–Crippen MR) is 85.9 cm³/mol. The first-order chi connectivity index (χ1) is 9.97. The van der Waals surface area contributed by atoms with Gasteiger partial charge in [-0.1, -0.05) is 32.9 Å². The molecule has 1 atom stereocenters. The Morgan fingerprint density at radius 3 is 2.36 bits per heavy atom. The minimum absolute atomic E-state index is 0.0306. The molecule has 0 aliphatic carbocycles. The number of ether oxygens (including phenoxy) is 1. The number of rotatable bonds is 1. The Morgan fingerprint density at radius 2 is 1.82 bits per heavy atom. The summed E-state index contributed by atoms with van der Waals surface area (Å²) in [5.41, 5.74) is 1.99. The molecule has 1 aromatic rings. The van der Waals surface area contributed by atoms with E-state index in [-0.39, 0.29) is 11.3 Å². The van der Waals surface area contributed by atoms with E-state index < -0.39 is 17.7 Å². The standard InChI is InChI=1S/C17H24N2O3/c1-16(2,3)10-7-8-12-11(9-10)13(14(20)18-12)19-15(21)22-17(4,5)6/h7-9,13H,1-6H3,(H,18,20)(H,19,21). The minimum Gasteiger partial charge on any atom is -0.444 e. The highest BCUT2D eigenvalue weighted by atomic mass is 16.6.